The van der Waals surface area contributed by atoms with Crippen LogP contribution in [0.3, 0.4) is 0 Å². The van der Waals surface area contributed by atoms with Gasteiger partial charge in [-0.25, -0.2) is 9.18 Å². The lowest BCUT2D eigenvalue weighted by atomic mass is 10.4. The molecule has 1 rings (SSSR count). The van der Waals surface area contributed by atoms with Crippen LogP contribution in [0.4, 0.5) is 4.39 Å². The van der Waals surface area contributed by atoms with E-state index in [1.807, 2.05) is 0 Å². The molecule has 11 heavy (non-hydrogen) atoms. The molecule has 0 fully saturated rings. The number of ether oxygens (including phenoxy) is 1. The van der Waals surface area contributed by atoms with E-state index in [4.69, 9.17) is 0 Å². The van der Waals surface area contributed by atoms with Gasteiger partial charge in [0.1, 0.15) is 0 Å². The molecule has 60 valence electrons. The van der Waals surface area contributed by atoms with Crippen LogP contribution in [0.5, 0.6) is 0 Å². The average molecular weight is 158 g/mol. The van der Waals surface area contributed by atoms with Crippen molar-refractivity contribution in [1.29, 1.82) is 0 Å². The number of carbonyl (C=O) groups excluding carboxylic acids is 1. The molecule has 0 atom stereocenters. The molecule has 0 unspecified atom stereocenters. The number of nitrogens with zero attached hydrogens (tertiary/aromatic N) is 2. The van der Waals surface area contributed by atoms with Crippen LogP contribution in [-0.2, 0) is 11.8 Å². The van der Waals surface area contributed by atoms with E-state index in [0.717, 1.165) is 6.20 Å². The number of rotatable bonds is 1. The van der Waals surface area contributed by atoms with Crippen molar-refractivity contribution in [2.75, 3.05) is 7.11 Å². The zero-order valence-electron chi connectivity index (χ0n) is 6.17. The molecule has 0 aromatic carbocycles. The first-order valence-corrected chi connectivity index (χ1v) is 2.92. The first-order chi connectivity index (χ1) is 5.15. The van der Waals surface area contributed by atoms with E-state index < -0.39 is 11.8 Å². The van der Waals surface area contributed by atoms with Crippen LogP contribution in [0.2, 0.25) is 0 Å². The number of carbonyl (C=O) groups is 1. The fourth-order valence-electron chi connectivity index (χ4n) is 0.695. The Morgan fingerprint density at radius 3 is 2.82 bits per heavy atom. The van der Waals surface area contributed by atoms with Gasteiger partial charge in [-0.3, -0.25) is 4.68 Å². The minimum atomic E-state index is -0.761. The summed E-state index contributed by atoms with van der Waals surface area (Å²) in [5.74, 6) is -1.43. The van der Waals surface area contributed by atoms with Gasteiger partial charge in [-0.05, 0) is 0 Å². The van der Waals surface area contributed by atoms with E-state index in [2.05, 4.69) is 9.84 Å². The summed E-state index contributed by atoms with van der Waals surface area (Å²) < 4.78 is 18.1. The standard InChI is InChI=1S/C6H7FN2O2/c1-9-3-4(7)5(8-9)6(10)11-2/h3H,1-2H3. The molecular formula is C6H7FN2O2. The second-order valence-electron chi connectivity index (χ2n) is 1.99. The highest BCUT2D eigenvalue weighted by Crippen LogP contribution is 2.03. The molecule has 1 aromatic heterocycles. The van der Waals surface area contributed by atoms with Crippen molar-refractivity contribution in [1.82, 2.24) is 9.78 Å². The third kappa shape index (κ3) is 1.36. The van der Waals surface area contributed by atoms with Crippen molar-refractivity contribution >= 4 is 5.97 Å². The average Bonchev–Trinajstić information content (AvgIpc) is 2.28. The molecule has 0 radical (unpaired) electrons. The third-order valence-corrected chi connectivity index (χ3v) is 1.16. The maximum atomic E-state index is 12.7. The Hall–Kier alpha value is -1.39. The van der Waals surface area contributed by atoms with Gasteiger partial charge in [0.25, 0.3) is 0 Å². The van der Waals surface area contributed by atoms with E-state index in [0.29, 0.717) is 0 Å². The Morgan fingerprint density at radius 1 is 1.82 bits per heavy atom. The zero-order valence-corrected chi connectivity index (χ0v) is 6.17. The number of esters is 1. The highest BCUT2D eigenvalue weighted by atomic mass is 19.1. The Labute approximate surface area is 62.6 Å². The SMILES string of the molecule is COC(=O)c1nn(C)cc1F. The molecule has 0 N–H and O–H groups in total. The Morgan fingerprint density at radius 2 is 2.45 bits per heavy atom. The quantitative estimate of drug-likeness (QED) is 0.554. The van der Waals surface area contributed by atoms with Gasteiger partial charge < -0.3 is 4.74 Å². The van der Waals surface area contributed by atoms with E-state index in [1.54, 1.807) is 0 Å². The Balaban J connectivity index is 3.03. The minimum Gasteiger partial charge on any atom is -0.464 e. The minimum absolute atomic E-state index is 0.282. The number of aryl methyl sites for hydroxylation is 1. The largest absolute Gasteiger partial charge is 0.464 e. The molecule has 4 nitrogen and oxygen atoms in total. The van der Waals surface area contributed by atoms with Gasteiger partial charge in [0.2, 0.25) is 5.69 Å². The van der Waals surface area contributed by atoms with Crippen LogP contribution >= 0.6 is 0 Å². The molecule has 0 aliphatic rings. The Kier molecular flexibility index (Phi) is 1.89. The van der Waals surface area contributed by atoms with Crippen molar-refractivity contribution in [2.45, 2.75) is 0 Å². The Bertz CT molecular complexity index is 282. The molecule has 0 aliphatic heterocycles. The van der Waals surface area contributed by atoms with Crippen molar-refractivity contribution < 1.29 is 13.9 Å². The molecule has 1 heterocycles. The van der Waals surface area contributed by atoms with Gasteiger partial charge in [-0.2, -0.15) is 5.10 Å². The molecule has 0 saturated carbocycles. The lowest BCUT2D eigenvalue weighted by molar-refractivity contribution is 0.0588. The molecule has 0 saturated heterocycles. The predicted molar refractivity (Wildman–Crippen MR) is 34.5 cm³/mol. The summed E-state index contributed by atoms with van der Waals surface area (Å²) in [4.78, 5) is 10.7. The van der Waals surface area contributed by atoms with Crippen LogP contribution in [0.25, 0.3) is 0 Å². The van der Waals surface area contributed by atoms with Crippen LogP contribution in [0.1, 0.15) is 10.5 Å². The lowest BCUT2D eigenvalue weighted by Gasteiger charge is -1.91. The highest BCUT2D eigenvalue weighted by molar-refractivity contribution is 5.87. The molecule has 0 spiro atoms. The van der Waals surface area contributed by atoms with Gasteiger partial charge in [-0.15, -0.1) is 0 Å². The topological polar surface area (TPSA) is 44.1 Å². The third-order valence-electron chi connectivity index (χ3n) is 1.16. The predicted octanol–water partition coefficient (Wildman–Crippen LogP) is 0.346. The van der Waals surface area contributed by atoms with Crippen LogP contribution in [-0.4, -0.2) is 22.9 Å². The molecule has 0 bridgehead atoms. The zero-order chi connectivity index (χ0) is 8.43. The van der Waals surface area contributed by atoms with Gasteiger partial charge in [-0.1, -0.05) is 0 Å². The first kappa shape index (κ1) is 7.71. The summed E-state index contributed by atoms with van der Waals surface area (Å²) in [5.41, 5.74) is -0.282. The normalized spacial score (nSPS) is 9.73. The summed E-state index contributed by atoms with van der Waals surface area (Å²) in [5, 5.41) is 3.55. The van der Waals surface area contributed by atoms with Gasteiger partial charge in [0.15, 0.2) is 5.82 Å². The summed E-state index contributed by atoms with van der Waals surface area (Å²) in [6.45, 7) is 0. The number of aromatic nitrogens is 2. The smallest absolute Gasteiger partial charge is 0.361 e. The molecule has 0 aliphatic carbocycles. The van der Waals surface area contributed by atoms with E-state index in [1.165, 1.54) is 18.8 Å². The number of methoxy groups -OCH3 is 1. The summed E-state index contributed by atoms with van der Waals surface area (Å²) in [6.07, 6.45) is 1.10. The maximum absolute atomic E-state index is 12.7. The molecule has 5 heteroatoms. The summed E-state index contributed by atoms with van der Waals surface area (Å²) in [6, 6.07) is 0. The van der Waals surface area contributed by atoms with Crippen LogP contribution in [0.15, 0.2) is 6.20 Å². The van der Waals surface area contributed by atoms with Crippen molar-refractivity contribution in [3.05, 3.63) is 17.7 Å². The van der Waals surface area contributed by atoms with Gasteiger partial charge in [0.05, 0.1) is 13.3 Å². The number of halogens is 1. The van der Waals surface area contributed by atoms with Gasteiger partial charge >= 0.3 is 5.97 Å². The number of hydrogen-bond acceptors (Lipinski definition) is 3. The van der Waals surface area contributed by atoms with E-state index in [-0.39, 0.29) is 5.69 Å². The molecular weight excluding hydrogens is 151 g/mol. The summed E-state index contributed by atoms with van der Waals surface area (Å²) >= 11 is 0. The van der Waals surface area contributed by atoms with Crippen molar-refractivity contribution in [3.8, 4) is 0 Å². The highest BCUT2D eigenvalue weighted by Gasteiger charge is 2.15. The molecule has 0 amide bonds. The second-order valence-corrected chi connectivity index (χ2v) is 1.99. The first-order valence-electron chi connectivity index (χ1n) is 2.92. The fourth-order valence-corrected chi connectivity index (χ4v) is 0.695. The number of hydrogen-bond donors (Lipinski definition) is 0. The van der Waals surface area contributed by atoms with E-state index in [9.17, 15) is 9.18 Å². The van der Waals surface area contributed by atoms with Crippen LogP contribution < -0.4 is 0 Å². The van der Waals surface area contributed by atoms with Gasteiger partial charge in [0, 0.05) is 7.05 Å². The van der Waals surface area contributed by atoms with Crippen molar-refractivity contribution in [2.24, 2.45) is 7.05 Å². The van der Waals surface area contributed by atoms with E-state index >= 15 is 0 Å². The summed E-state index contributed by atoms with van der Waals surface area (Å²) in [7, 11) is 2.70. The monoisotopic (exact) mass is 158 g/mol. The maximum Gasteiger partial charge on any atom is 0.361 e. The second kappa shape index (κ2) is 2.69. The van der Waals surface area contributed by atoms with Crippen molar-refractivity contribution in [3.63, 3.8) is 0 Å². The van der Waals surface area contributed by atoms with Crippen LogP contribution in [0, 0.1) is 5.82 Å². The fraction of sp³-hybridized carbons (Fsp3) is 0.333. The lowest BCUT2D eigenvalue weighted by Crippen LogP contribution is -2.04. The molecule has 1 aromatic rings.